The van der Waals surface area contributed by atoms with E-state index in [0.717, 1.165) is 24.1 Å². The molecule has 1 atom stereocenters. The minimum atomic E-state index is -4.27. The largest absolute Gasteiger partial charge is 0.744 e. The van der Waals surface area contributed by atoms with Crippen LogP contribution in [0.15, 0.2) is 59.5 Å². The molecule has 0 saturated carbocycles. The van der Waals surface area contributed by atoms with Gasteiger partial charge in [0.05, 0.1) is 16.9 Å². The van der Waals surface area contributed by atoms with Crippen molar-refractivity contribution in [3.8, 4) is 0 Å². The van der Waals surface area contributed by atoms with Crippen LogP contribution in [0.3, 0.4) is 0 Å². The van der Waals surface area contributed by atoms with Gasteiger partial charge in [0.15, 0.2) is 0 Å². The van der Waals surface area contributed by atoms with Crippen LogP contribution in [-0.2, 0) is 21.3 Å². The number of nitrogens with one attached hydrogen (secondary N) is 1. The third-order valence-electron chi connectivity index (χ3n) is 6.30. The summed E-state index contributed by atoms with van der Waals surface area (Å²) in [4.78, 5) is 11.1. The monoisotopic (exact) mass is 567 g/mol. The minimum absolute atomic E-state index is 0. The molecule has 0 aliphatic heterocycles. The average Bonchev–Trinajstić information content (AvgIpc) is 2.86. The molecular formula is C30H53N3O5S. The third kappa shape index (κ3) is 20.3. The van der Waals surface area contributed by atoms with Gasteiger partial charge in [-0.05, 0) is 44.0 Å². The summed E-state index contributed by atoms with van der Waals surface area (Å²) in [5, 5.41) is 14.4. The average molecular weight is 568 g/mol. The lowest BCUT2D eigenvalue weighted by Gasteiger charge is -2.19. The van der Waals surface area contributed by atoms with E-state index in [9.17, 15) is 22.9 Å². The molecule has 9 heteroatoms. The Balaban J connectivity index is 0. The van der Waals surface area contributed by atoms with Gasteiger partial charge in [-0.25, -0.2) is 8.42 Å². The zero-order chi connectivity index (χ0) is 27.4. The number of unbranched alkanes of at least 4 members (excludes halogenated alkanes) is 11. The summed E-state index contributed by atoms with van der Waals surface area (Å²) in [5.41, 5.74) is 1.96. The Hall–Kier alpha value is -2.30. The molecule has 2 aromatic carbocycles. The molecule has 0 fully saturated rings. The lowest BCUT2D eigenvalue weighted by atomic mass is 10.0. The summed E-state index contributed by atoms with van der Waals surface area (Å²) in [7, 11) is -4.27. The van der Waals surface area contributed by atoms with Gasteiger partial charge >= 0.3 is 0 Å². The molecule has 0 heterocycles. The highest BCUT2D eigenvalue weighted by atomic mass is 32.2. The van der Waals surface area contributed by atoms with Crippen LogP contribution in [0, 0.1) is 6.92 Å². The van der Waals surface area contributed by atoms with Crippen molar-refractivity contribution in [3.05, 3.63) is 65.7 Å². The fourth-order valence-electron chi connectivity index (χ4n) is 4.04. The highest BCUT2D eigenvalue weighted by Crippen LogP contribution is 2.12. The Morgan fingerprint density at radius 1 is 0.769 bits per heavy atom. The second kappa shape index (κ2) is 23.6. The first-order valence-electron chi connectivity index (χ1n) is 13.7. The number of carbonyl (C=O) groups is 1. The zero-order valence-corrected chi connectivity index (χ0v) is 25.4. The third-order valence-corrected chi connectivity index (χ3v) is 7.15. The van der Waals surface area contributed by atoms with Crippen molar-refractivity contribution in [2.45, 2.75) is 108 Å². The summed E-state index contributed by atoms with van der Waals surface area (Å²) in [6.45, 7) is 4.83. The van der Waals surface area contributed by atoms with Crippen LogP contribution >= 0.6 is 0 Å². The first kappa shape index (κ1) is 38.8. The standard InChI is InChI=1S/C23H39NO2.C7H8O3S.2H3N/c1-2-3-4-5-6-7-8-9-10-11-12-16-19-24-22(23(25)26)20-21-17-14-13-15-18-21;1-6-2-4-7(5-3-6)11(8,9)10;;/h13-15,17-18,22,24H,2-12,16,19-20H2,1H3,(H,25,26);2-5H,1H3,(H,8,9,10);2*1H3/t22-;;;/m0.../s1. The van der Waals surface area contributed by atoms with Crippen LogP contribution in [0.5, 0.6) is 0 Å². The lowest BCUT2D eigenvalue weighted by Crippen LogP contribution is -2.47. The van der Waals surface area contributed by atoms with Crippen molar-refractivity contribution < 1.29 is 22.9 Å². The minimum Gasteiger partial charge on any atom is -0.744 e. The van der Waals surface area contributed by atoms with Crippen molar-refractivity contribution in [1.29, 1.82) is 0 Å². The van der Waals surface area contributed by atoms with Crippen LogP contribution < -0.4 is 22.7 Å². The van der Waals surface area contributed by atoms with Crippen molar-refractivity contribution in [2.24, 2.45) is 0 Å². The molecule has 39 heavy (non-hydrogen) atoms. The summed E-state index contributed by atoms with van der Waals surface area (Å²) < 4.78 is 31.2. The van der Waals surface area contributed by atoms with Gasteiger partial charge in [0, 0.05) is 0 Å². The highest BCUT2D eigenvalue weighted by molar-refractivity contribution is 7.85. The van der Waals surface area contributed by atoms with Crippen LogP contribution in [0.25, 0.3) is 0 Å². The van der Waals surface area contributed by atoms with Crippen molar-refractivity contribution >= 4 is 16.1 Å². The Labute approximate surface area is 236 Å². The van der Waals surface area contributed by atoms with E-state index in [-0.39, 0.29) is 17.2 Å². The van der Waals surface area contributed by atoms with E-state index >= 15 is 0 Å². The number of carboxylic acids is 1. The van der Waals surface area contributed by atoms with E-state index in [1.165, 1.54) is 82.8 Å². The number of aryl methyl sites for hydroxylation is 1. The maximum Gasteiger partial charge on any atom is 0.124 e. The number of aliphatic carboxylic acids is 1. The number of carboxylic acid groups (broad SMARTS) is 1. The molecule has 2 rings (SSSR count). The van der Waals surface area contributed by atoms with Crippen molar-refractivity contribution in [1.82, 2.24) is 17.6 Å². The summed E-state index contributed by atoms with van der Waals surface area (Å²) in [6.07, 6.45) is 16.3. The first-order valence-corrected chi connectivity index (χ1v) is 15.2. The molecule has 9 N–H and O–H groups in total. The molecule has 0 amide bonds. The van der Waals surface area contributed by atoms with Crippen LogP contribution in [0.2, 0.25) is 0 Å². The van der Waals surface area contributed by atoms with Gasteiger partial charge in [-0.3, -0.25) is 0 Å². The molecular weight excluding hydrogens is 514 g/mol. The number of carbonyl (C=O) groups excluding carboxylic acids is 1. The Morgan fingerprint density at radius 3 is 1.67 bits per heavy atom. The normalized spacial score (nSPS) is 11.4. The van der Waals surface area contributed by atoms with Gasteiger partial charge in [-0.2, -0.15) is 0 Å². The van der Waals surface area contributed by atoms with Gasteiger partial charge in [-0.15, -0.1) is 0 Å². The molecule has 0 unspecified atom stereocenters. The van der Waals surface area contributed by atoms with E-state index in [1.54, 1.807) is 12.1 Å². The number of hydrogen-bond acceptors (Lipinski definition) is 6. The van der Waals surface area contributed by atoms with Gasteiger partial charge < -0.3 is 32.1 Å². The molecule has 224 valence electrons. The van der Waals surface area contributed by atoms with Crippen molar-refractivity contribution in [3.63, 3.8) is 0 Å². The molecule has 0 aliphatic rings. The highest BCUT2D eigenvalue weighted by Gasteiger charge is 2.09. The van der Waals surface area contributed by atoms with E-state index in [2.05, 4.69) is 12.2 Å². The molecule has 0 saturated heterocycles. The van der Waals surface area contributed by atoms with Gasteiger partial charge in [0.25, 0.3) is 0 Å². The molecule has 0 radical (unpaired) electrons. The SMILES string of the molecule is CCCCCCCCCCCCCCN[C@@H](Cc1ccccc1)C(=O)[O-].Cc1ccc(S(=O)(=O)[O-])cc1.[NH4+].[NH4+]. The zero-order valence-electron chi connectivity index (χ0n) is 24.6. The molecule has 0 aromatic heterocycles. The smallest absolute Gasteiger partial charge is 0.124 e. The number of benzene rings is 2. The molecule has 8 nitrogen and oxygen atoms in total. The van der Waals surface area contributed by atoms with Gasteiger partial charge in [0.1, 0.15) is 10.1 Å². The molecule has 0 spiro atoms. The summed E-state index contributed by atoms with van der Waals surface area (Å²) in [5.74, 6) is -1.01. The summed E-state index contributed by atoms with van der Waals surface area (Å²) >= 11 is 0. The number of quaternary nitrogens is 2. The Morgan fingerprint density at radius 2 is 1.23 bits per heavy atom. The van der Waals surface area contributed by atoms with E-state index in [0.29, 0.717) is 6.42 Å². The molecule has 2 aromatic rings. The van der Waals surface area contributed by atoms with Crippen LogP contribution in [0.1, 0.15) is 95.1 Å². The summed E-state index contributed by atoms with van der Waals surface area (Å²) in [6, 6.07) is 14.9. The molecule has 0 bridgehead atoms. The number of rotatable bonds is 18. The van der Waals surface area contributed by atoms with Crippen molar-refractivity contribution in [2.75, 3.05) is 6.54 Å². The quantitative estimate of drug-likeness (QED) is 0.140. The fourth-order valence-corrected chi connectivity index (χ4v) is 4.51. The first-order chi connectivity index (χ1) is 17.7. The van der Waals surface area contributed by atoms with Gasteiger partial charge in [0.2, 0.25) is 0 Å². The Kier molecular flexibility index (Phi) is 23.5. The van der Waals surface area contributed by atoms with E-state index < -0.39 is 22.1 Å². The fraction of sp³-hybridized carbons (Fsp3) is 0.567. The second-order valence-electron chi connectivity index (χ2n) is 9.67. The maximum absolute atomic E-state index is 11.3. The van der Waals surface area contributed by atoms with Crippen LogP contribution in [0.4, 0.5) is 0 Å². The lowest BCUT2D eigenvalue weighted by molar-refractivity contribution is -0.308. The van der Waals surface area contributed by atoms with E-state index in [1.807, 2.05) is 37.3 Å². The Bertz CT molecular complexity index is 954. The topological polar surface area (TPSA) is 182 Å². The van der Waals surface area contributed by atoms with E-state index in [4.69, 9.17) is 0 Å². The van der Waals surface area contributed by atoms with Crippen LogP contribution in [-0.4, -0.2) is 31.5 Å². The maximum atomic E-state index is 11.3. The molecule has 0 aliphatic carbocycles. The predicted octanol–water partition coefficient (Wildman–Crippen LogP) is 6.29. The predicted molar refractivity (Wildman–Crippen MR) is 159 cm³/mol. The number of hydrogen-bond donors (Lipinski definition) is 3. The second-order valence-corrected chi connectivity index (χ2v) is 11.1. The van der Waals surface area contributed by atoms with Gasteiger partial charge in [-0.1, -0.05) is 126 Å².